The Labute approximate surface area is 225 Å². The molecule has 0 spiro atoms. The summed E-state index contributed by atoms with van der Waals surface area (Å²) in [5.74, 6) is 1.88. The maximum absolute atomic E-state index is 13.7. The van der Waals surface area contributed by atoms with Gasteiger partial charge in [-0.25, -0.2) is 0 Å². The van der Waals surface area contributed by atoms with Gasteiger partial charge in [-0.1, -0.05) is 31.6 Å². The van der Waals surface area contributed by atoms with Crippen LogP contribution in [0.2, 0.25) is 0 Å². The topological polar surface area (TPSA) is 75.2 Å². The number of aromatic nitrogens is 1. The maximum atomic E-state index is 13.7. The molecular formula is C30H38N4O4. The number of hydrogen-bond donors (Lipinski definition) is 0. The SMILES string of the molecule is C/C=C\C=C/N(C=O)CCC1CC(c2ccc3c(c2)OCO3)CN1CC(=O)N(CCCC)c1cccnc1. The van der Waals surface area contributed by atoms with Gasteiger partial charge in [-0.2, -0.15) is 0 Å². The van der Waals surface area contributed by atoms with Gasteiger partial charge in [0.1, 0.15) is 0 Å². The summed E-state index contributed by atoms with van der Waals surface area (Å²) in [5, 5.41) is 0. The van der Waals surface area contributed by atoms with E-state index in [-0.39, 0.29) is 24.7 Å². The Morgan fingerprint density at radius 3 is 2.82 bits per heavy atom. The number of rotatable bonds is 13. The number of allylic oxidation sites excluding steroid dienone is 3. The van der Waals surface area contributed by atoms with Crippen molar-refractivity contribution in [3.05, 3.63) is 72.7 Å². The molecule has 202 valence electrons. The highest BCUT2D eigenvalue weighted by Gasteiger charge is 2.35. The van der Waals surface area contributed by atoms with Gasteiger partial charge in [0, 0.05) is 38.1 Å². The second-order valence-corrected chi connectivity index (χ2v) is 9.74. The number of nitrogens with zero attached hydrogens (tertiary/aromatic N) is 4. The van der Waals surface area contributed by atoms with Crippen molar-refractivity contribution >= 4 is 18.0 Å². The average Bonchev–Trinajstić information content (AvgIpc) is 3.58. The predicted molar refractivity (Wildman–Crippen MR) is 148 cm³/mol. The van der Waals surface area contributed by atoms with E-state index in [0.29, 0.717) is 19.6 Å². The van der Waals surface area contributed by atoms with E-state index < -0.39 is 0 Å². The Balaban J connectivity index is 1.51. The minimum atomic E-state index is 0.0722. The monoisotopic (exact) mass is 518 g/mol. The standard InChI is InChI=1S/C30H38N4O4/c1-3-5-7-14-32(22-35)16-12-26-17-25(24-10-11-28-29(18-24)38-23-37-28)20-33(26)21-30(36)34(15-6-4-2)27-9-8-13-31-19-27/h3,5,7-11,13-14,18-19,22,25-26H,4,6,12,15-17,20-21,23H2,1-2H3/b5-3-,14-7-. The molecular weight excluding hydrogens is 480 g/mol. The highest BCUT2D eigenvalue weighted by Crippen LogP contribution is 2.39. The Kier molecular flexibility index (Phi) is 9.92. The first kappa shape index (κ1) is 27.4. The predicted octanol–water partition coefficient (Wildman–Crippen LogP) is 4.74. The lowest BCUT2D eigenvalue weighted by atomic mass is 9.95. The van der Waals surface area contributed by atoms with Gasteiger partial charge in [0.05, 0.1) is 18.4 Å². The van der Waals surface area contributed by atoms with Crippen molar-refractivity contribution < 1.29 is 19.1 Å². The molecule has 1 fully saturated rings. The van der Waals surface area contributed by atoms with E-state index in [9.17, 15) is 9.59 Å². The summed E-state index contributed by atoms with van der Waals surface area (Å²) in [5.41, 5.74) is 2.01. The van der Waals surface area contributed by atoms with Crippen LogP contribution in [0.25, 0.3) is 0 Å². The van der Waals surface area contributed by atoms with E-state index in [1.165, 1.54) is 5.56 Å². The molecule has 2 aromatic rings. The number of amides is 2. The number of hydrogen-bond acceptors (Lipinski definition) is 6. The number of pyridine rings is 1. The minimum Gasteiger partial charge on any atom is -0.454 e. The first-order valence-corrected chi connectivity index (χ1v) is 13.5. The summed E-state index contributed by atoms with van der Waals surface area (Å²) in [6.07, 6.45) is 15.4. The number of benzene rings is 1. The zero-order valence-corrected chi connectivity index (χ0v) is 22.4. The molecule has 4 rings (SSSR count). The molecule has 8 heteroatoms. The quantitative estimate of drug-likeness (QED) is 0.282. The normalized spacial score (nSPS) is 18.9. The molecule has 2 unspecified atom stereocenters. The van der Waals surface area contributed by atoms with E-state index in [0.717, 1.165) is 55.8 Å². The lowest BCUT2D eigenvalue weighted by Crippen LogP contribution is -2.43. The average molecular weight is 519 g/mol. The zero-order chi connectivity index (χ0) is 26.7. The Bertz CT molecular complexity index is 1120. The zero-order valence-electron chi connectivity index (χ0n) is 22.4. The molecule has 2 aliphatic rings. The number of ether oxygens (including phenoxy) is 2. The number of carbonyl (C=O) groups is 2. The molecule has 1 aromatic carbocycles. The summed E-state index contributed by atoms with van der Waals surface area (Å²) in [4.78, 5) is 35.3. The number of carbonyl (C=O) groups excluding carboxylic acids is 2. The van der Waals surface area contributed by atoms with Gasteiger partial charge in [0.25, 0.3) is 0 Å². The lowest BCUT2D eigenvalue weighted by Gasteiger charge is -2.29. The van der Waals surface area contributed by atoms with Crippen molar-refractivity contribution in [3.63, 3.8) is 0 Å². The van der Waals surface area contributed by atoms with E-state index in [2.05, 4.69) is 28.9 Å². The Morgan fingerprint density at radius 2 is 2.05 bits per heavy atom. The van der Waals surface area contributed by atoms with Crippen LogP contribution in [0.4, 0.5) is 5.69 Å². The molecule has 0 N–H and O–H groups in total. The first-order chi connectivity index (χ1) is 18.6. The van der Waals surface area contributed by atoms with Gasteiger partial charge in [0.2, 0.25) is 19.1 Å². The summed E-state index contributed by atoms with van der Waals surface area (Å²) in [6, 6.07) is 10.1. The fourth-order valence-corrected chi connectivity index (χ4v) is 5.11. The van der Waals surface area contributed by atoms with Crippen LogP contribution in [0.3, 0.4) is 0 Å². The summed E-state index contributed by atoms with van der Waals surface area (Å²) >= 11 is 0. The van der Waals surface area contributed by atoms with Crippen molar-refractivity contribution in [2.24, 2.45) is 0 Å². The third-order valence-electron chi connectivity index (χ3n) is 7.17. The van der Waals surface area contributed by atoms with E-state index >= 15 is 0 Å². The van der Waals surface area contributed by atoms with Crippen molar-refractivity contribution in [2.45, 2.75) is 51.5 Å². The number of anilines is 1. The highest BCUT2D eigenvalue weighted by atomic mass is 16.7. The molecule has 38 heavy (non-hydrogen) atoms. The van der Waals surface area contributed by atoms with E-state index in [1.807, 2.05) is 48.3 Å². The molecule has 0 saturated carbocycles. The number of fused-ring (bicyclic) bond motifs is 1. The van der Waals surface area contributed by atoms with E-state index in [1.54, 1.807) is 23.5 Å². The van der Waals surface area contributed by atoms with Gasteiger partial charge in [-0.05, 0) is 68.0 Å². The summed E-state index contributed by atoms with van der Waals surface area (Å²) < 4.78 is 11.1. The largest absolute Gasteiger partial charge is 0.454 e. The molecule has 1 saturated heterocycles. The van der Waals surface area contributed by atoms with Gasteiger partial charge in [-0.15, -0.1) is 0 Å². The first-order valence-electron chi connectivity index (χ1n) is 13.5. The van der Waals surface area contributed by atoms with Crippen LogP contribution in [0.15, 0.2) is 67.2 Å². The maximum Gasteiger partial charge on any atom is 0.241 e. The lowest BCUT2D eigenvalue weighted by molar-refractivity contribution is -0.120. The van der Waals surface area contributed by atoms with Crippen molar-refractivity contribution in [2.75, 3.05) is 37.9 Å². The number of unbranched alkanes of at least 4 members (excludes halogenated alkanes) is 1. The van der Waals surface area contributed by atoms with E-state index in [4.69, 9.17) is 9.47 Å². The van der Waals surface area contributed by atoms with Crippen LogP contribution in [-0.4, -0.2) is 66.1 Å². The van der Waals surface area contributed by atoms with Crippen LogP contribution in [0.5, 0.6) is 11.5 Å². The molecule has 2 atom stereocenters. The molecule has 2 amide bonds. The van der Waals surface area contributed by atoms with Gasteiger partial charge < -0.3 is 19.3 Å². The van der Waals surface area contributed by atoms with Crippen molar-refractivity contribution in [3.8, 4) is 11.5 Å². The second kappa shape index (κ2) is 13.8. The molecule has 0 aliphatic carbocycles. The summed E-state index contributed by atoms with van der Waals surface area (Å²) in [6.45, 7) is 6.65. The van der Waals surface area contributed by atoms with Gasteiger partial charge in [-0.3, -0.25) is 19.5 Å². The van der Waals surface area contributed by atoms with Crippen LogP contribution in [0, 0.1) is 0 Å². The van der Waals surface area contributed by atoms with Crippen LogP contribution in [-0.2, 0) is 9.59 Å². The third kappa shape index (κ3) is 7.01. The van der Waals surface area contributed by atoms with Crippen molar-refractivity contribution in [1.29, 1.82) is 0 Å². The Morgan fingerprint density at radius 1 is 1.18 bits per heavy atom. The van der Waals surface area contributed by atoms with Crippen LogP contribution < -0.4 is 14.4 Å². The van der Waals surface area contributed by atoms with Gasteiger partial charge in [0.15, 0.2) is 11.5 Å². The molecule has 8 nitrogen and oxygen atoms in total. The fraction of sp³-hybridized carbons (Fsp3) is 0.433. The Hall–Kier alpha value is -3.65. The number of likely N-dealkylation sites (tertiary alicyclic amines) is 1. The molecule has 1 aromatic heterocycles. The fourth-order valence-electron chi connectivity index (χ4n) is 5.11. The molecule has 2 aliphatic heterocycles. The van der Waals surface area contributed by atoms with Crippen LogP contribution in [0.1, 0.15) is 51.0 Å². The smallest absolute Gasteiger partial charge is 0.241 e. The molecule has 3 heterocycles. The van der Waals surface area contributed by atoms with Gasteiger partial charge >= 0.3 is 0 Å². The summed E-state index contributed by atoms with van der Waals surface area (Å²) in [7, 11) is 0. The molecule has 0 bridgehead atoms. The van der Waals surface area contributed by atoms with Crippen LogP contribution >= 0.6 is 0 Å². The van der Waals surface area contributed by atoms with Crippen molar-refractivity contribution in [1.82, 2.24) is 14.8 Å². The second-order valence-electron chi connectivity index (χ2n) is 9.74. The minimum absolute atomic E-state index is 0.0722. The molecule has 0 radical (unpaired) electrons. The third-order valence-corrected chi connectivity index (χ3v) is 7.17. The highest BCUT2D eigenvalue weighted by molar-refractivity contribution is 5.94.